The minimum Gasteiger partial charge on any atom is -0.491 e. The van der Waals surface area contributed by atoms with Gasteiger partial charge < -0.3 is 19.3 Å². The lowest BCUT2D eigenvalue weighted by atomic mass is 10.1. The van der Waals surface area contributed by atoms with Crippen LogP contribution >= 0.6 is 0 Å². The number of hydrogen-bond acceptors (Lipinski definition) is 4. The molecule has 2 aliphatic heterocycles. The van der Waals surface area contributed by atoms with Crippen molar-refractivity contribution in [1.29, 1.82) is 0 Å². The summed E-state index contributed by atoms with van der Waals surface area (Å²) in [7, 11) is 0. The van der Waals surface area contributed by atoms with E-state index in [1.807, 2.05) is 50.8 Å². The van der Waals surface area contributed by atoms with Gasteiger partial charge in [-0.05, 0) is 39.8 Å². The smallest absolute Gasteiger partial charge is 0.410 e. The number of benzene rings is 1. The van der Waals surface area contributed by atoms with Gasteiger partial charge in [0.1, 0.15) is 18.0 Å². The van der Waals surface area contributed by atoms with Gasteiger partial charge in [-0.3, -0.25) is 4.79 Å². The topological polar surface area (TPSA) is 59.1 Å². The van der Waals surface area contributed by atoms with E-state index in [2.05, 4.69) is 0 Å². The second-order valence-corrected chi connectivity index (χ2v) is 7.39. The highest BCUT2D eigenvalue weighted by molar-refractivity contribution is 5.97. The molecule has 130 valence electrons. The number of fused-ring (bicyclic) bond motifs is 2. The molecule has 6 heteroatoms. The van der Waals surface area contributed by atoms with Gasteiger partial charge in [0.05, 0.1) is 11.6 Å². The number of nitrogens with zero attached hydrogens (tertiary/aromatic N) is 2. The number of aryl methyl sites for hydroxylation is 1. The number of rotatable bonds is 0. The Morgan fingerprint density at radius 2 is 2.04 bits per heavy atom. The van der Waals surface area contributed by atoms with Crippen molar-refractivity contribution in [1.82, 2.24) is 9.80 Å². The van der Waals surface area contributed by atoms with E-state index in [0.717, 1.165) is 5.56 Å². The van der Waals surface area contributed by atoms with Gasteiger partial charge in [0.25, 0.3) is 5.91 Å². The molecule has 0 aliphatic carbocycles. The Bertz CT molecular complexity index is 665. The molecular weight excluding hydrogens is 308 g/mol. The molecular formula is C18H24N2O4. The zero-order chi connectivity index (χ0) is 17.5. The van der Waals surface area contributed by atoms with Crippen molar-refractivity contribution in [2.45, 2.75) is 39.3 Å². The number of amides is 2. The fraction of sp³-hybridized carbons (Fsp3) is 0.556. The predicted molar refractivity (Wildman–Crippen MR) is 89.3 cm³/mol. The zero-order valence-electron chi connectivity index (χ0n) is 14.7. The summed E-state index contributed by atoms with van der Waals surface area (Å²) in [5.74, 6) is 0.587. The molecule has 0 spiro atoms. The van der Waals surface area contributed by atoms with Crippen LogP contribution < -0.4 is 4.74 Å². The van der Waals surface area contributed by atoms with Crippen molar-refractivity contribution in [3.8, 4) is 5.75 Å². The molecule has 1 atom stereocenters. The summed E-state index contributed by atoms with van der Waals surface area (Å²) in [5.41, 5.74) is 1.09. The summed E-state index contributed by atoms with van der Waals surface area (Å²) >= 11 is 0. The Kier molecular flexibility index (Phi) is 4.15. The third-order valence-electron chi connectivity index (χ3n) is 4.19. The summed E-state index contributed by atoms with van der Waals surface area (Å²) in [5, 5.41) is 0. The number of hydrogen-bond donors (Lipinski definition) is 0. The van der Waals surface area contributed by atoms with Crippen LogP contribution in [0.3, 0.4) is 0 Å². The minimum absolute atomic E-state index is 0.0277. The van der Waals surface area contributed by atoms with Crippen LogP contribution in [0.25, 0.3) is 0 Å². The number of carbonyl (C=O) groups is 2. The highest BCUT2D eigenvalue weighted by atomic mass is 16.6. The summed E-state index contributed by atoms with van der Waals surface area (Å²) in [6, 6.07) is 5.47. The second kappa shape index (κ2) is 6.00. The highest BCUT2D eigenvalue weighted by Gasteiger charge is 2.37. The van der Waals surface area contributed by atoms with Crippen LogP contribution in [-0.4, -0.2) is 59.7 Å². The normalized spacial score (nSPS) is 20.7. The molecule has 24 heavy (non-hydrogen) atoms. The van der Waals surface area contributed by atoms with Crippen molar-refractivity contribution >= 4 is 12.0 Å². The van der Waals surface area contributed by atoms with Gasteiger partial charge in [0.2, 0.25) is 0 Å². The van der Waals surface area contributed by atoms with E-state index >= 15 is 0 Å². The quantitative estimate of drug-likeness (QED) is 0.732. The molecule has 1 unspecified atom stereocenters. The van der Waals surface area contributed by atoms with E-state index in [4.69, 9.17) is 9.47 Å². The Hall–Kier alpha value is -2.24. The third kappa shape index (κ3) is 3.32. The molecule has 0 saturated carbocycles. The molecule has 0 bridgehead atoms. The van der Waals surface area contributed by atoms with Gasteiger partial charge in [-0.1, -0.05) is 11.6 Å². The van der Waals surface area contributed by atoms with Crippen LogP contribution in [0, 0.1) is 6.92 Å². The van der Waals surface area contributed by atoms with Crippen LogP contribution in [0.4, 0.5) is 4.79 Å². The lowest BCUT2D eigenvalue weighted by Gasteiger charge is -2.40. The first kappa shape index (κ1) is 16.6. The van der Waals surface area contributed by atoms with E-state index < -0.39 is 5.60 Å². The summed E-state index contributed by atoms with van der Waals surface area (Å²) in [4.78, 5) is 28.6. The van der Waals surface area contributed by atoms with Crippen LogP contribution in [-0.2, 0) is 4.74 Å². The van der Waals surface area contributed by atoms with Crippen LogP contribution in [0.5, 0.6) is 5.75 Å². The number of carbonyl (C=O) groups excluding carboxylic acids is 2. The van der Waals surface area contributed by atoms with E-state index in [1.165, 1.54) is 0 Å². The van der Waals surface area contributed by atoms with Gasteiger partial charge in [-0.25, -0.2) is 4.79 Å². The molecule has 1 saturated heterocycles. The molecule has 1 aromatic carbocycles. The average molecular weight is 332 g/mol. The molecule has 2 amide bonds. The van der Waals surface area contributed by atoms with E-state index in [0.29, 0.717) is 37.6 Å². The van der Waals surface area contributed by atoms with Gasteiger partial charge in [0, 0.05) is 19.6 Å². The van der Waals surface area contributed by atoms with Gasteiger partial charge in [0.15, 0.2) is 0 Å². The maximum absolute atomic E-state index is 12.8. The monoisotopic (exact) mass is 332 g/mol. The van der Waals surface area contributed by atoms with Crippen molar-refractivity contribution < 1.29 is 19.1 Å². The summed E-state index contributed by atoms with van der Waals surface area (Å²) in [6.45, 7) is 9.25. The number of ether oxygens (including phenoxy) is 2. The lowest BCUT2D eigenvalue weighted by Crippen LogP contribution is -2.58. The number of piperazine rings is 1. The summed E-state index contributed by atoms with van der Waals surface area (Å²) in [6.07, 6.45) is -0.341. The first-order chi connectivity index (χ1) is 11.2. The largest absolute Gasteiger partial charge is 0.491 e. The average Bonchev–Trinajstić information content (AvgIpc) is 2.63. The highest BCUT2D eigenvalue weighted by Crippen LogP contribution is 2.28. The van der Waals surface area contributed by atoms with Crippen LogP contribution in [0.15, 0.2) is 18.2 Å². The molecule has 0 radical (unpaired) electrons. The molecule has 6 nitrogen and oxygen atoms in total. The maximum atomic E-state index is 12.8. The van der Waals surface area contributed by atoms with Crippen molar-refractivity contribution in [3.05, 3.63) is 29.3 Å². The maximum Gasteiger partial charge on any atom is 0.410 e. The van der Waals surface area contributed by atoms with Crippen LogP contribution in [0.2, 0.25) is 0 Å². The second-order valence-electron chi connectivity index (χ2n) is 7.39. The van der Waals surface area contributed by atoms with E-state index in [-0.39, 0.29) is 18.0 Å². The molecule has 3 rings (SSSR count). The minimum atomic E-state index is -0.530. The van der Waals surface area contributed by atoms with Gasteiger partial charge >= 0.3 is 6.09 Å². The molecule has 2 heterocycles. The third-order valence-corrected chi connectivity index (χ3v) is 4.19. The molecule has 1 aromatic rings. The first-order valence-electron chi connectivity index (χ1n) is 8.27. The van der Waals surface area contributed by atoms with Crippen molar-refractivity contribution in [3.63, 3.8) is 0 Å². The predicted octanol–water partition coefficient (Wildman–Crippen LogP) is 2.45. The Morgan fingerprint density at radius 3 is 2.75 bits per heavy atom. The molecule has 2 aliphatic rings. The van der Waals surface area contributed by atoms with Gasteiger partial charge in [-0.2, -0.15) is 0 Å². The van der Waals surface area contributed by atoms with E-state index in [1.54, 1.807) is 4.90 Å². The lowest BCUT2D eigenvalue weighted by molar-refractivity contribution is 0.000952. The Morgan fingerprint density at radius 1 is 1.29 bits per heavy atom. The Labute approximate surface area is 142 Å². The van der Waals surface area contributed by atoms with E-state index in [9.17, 15) is 9.59 Å². The van der Waals surface area contributed by atoms with Crippen molar-refractivity contribution in [2.24, 2.45) is 0 Å². The Balaban J connectivity index is 1.76. The van der Waals surface area contributed by atoms with Gasteiger partial charge in [-0.15, -0.1) is 0 Å². The SMILES string of the molecule is Cc1ccc2c(c1)C(=O)N1CCN(C(=O)OC(C)(C)C)CC1CO2. The molecule has 0 N–H and O–H groups in total. The standard InChI is InChI=1S/C18H24N2O4/c1-12-5-6-15-14(9-12)16(21)20-8-7-19(10-13(20)11-23-15)17(22)24-18(2,3)4/h5-6,9,13H,7-8,10-11H2,1-4H3. The van der Waals surface area contributed by atoms with Crippen molar-refractivity contribution in [2.75, 3.05) is 26.2 Å². The van der Waals surface area contributed by atoms with Crippen LogP contribution in [0.1, 0.15) is 36.7 Å². The molecule has 1 fully saturated rings. The fourth-order valence-corrected chi connectivity index (χ4v) is 3.04. The first-order valence-corrected chi connectivity index (χ1v) is 8.27. The summed E-state index contributed by atoms with van der Waals surface area (Å²) < 4.78 is 11.3. The molecule has 0 aromatic heterocycles. The fourth-order valence-electron chi connectivity index (χ4n) is 3.04. The zero-order valence-corrected chi connectivity index (χ0v) is 14.7.